The maximum atomic E-state index is 11.2. The minimum Gasteiger partial charge on any atom is -0.478 e. The topological polar surface area (TPSA) is 107 Å². The van der Waals surface area contributed by atoms with E-state index in [1.807, 2.05) is 49.7 Å². The monoisotopic (exact) mass is 354 g/mol. The van der Waals surface area contributed by atoms with Crippen LogP contribution in [0.1, 0.15) is 44.3 Å². The Hall–Kier alpha value is -2.96. The number of aromatic carboxylic acids is 1. The van der Waals surface area contributed by atoms with Gasteiger partial charge >= 0.3 is 5.97 Å². The third-order valence-corrected chi connectivity index (χ3v) is 4.47. The van der Waals surface area contributed by atoms with Crippen LogP contribution in [-0.4, -0.2) is 31.2 Å². The molecule has 0 aliphatic carbocycles. The van der Waals surface area contributed by atoms with Crippen LogP contribution in [0.4, 0.5) is 0 Å². The molecule has 0 unspecified atom stereocenters. The number of aliphatic hydroxyl groups excluding tert-OH is 1. The van der Waals surface area contributed by atoms with E-state index in [4.69, 9.17) is 0 Å². The number of nitrogens with zero attached hydrogens (tertiary/aromatic N) is 2. The zero-order valence-electron chi connectivity index (χ0n) is 14.9. The van der Waals surface area contributed by atoms with Crippen molar-refractivity contribution in [1.29, 1.82) is 0 Å². The van der Waals surface area contributed by atoms with Gasteiger partial charge in [0.05, 0.1) is 11.9 Å². The summed E-state index contributed by atoms with van der Waals surface area (Å²) in [6, 6.07) is 9.07. The minimum absolute atomic E-state index is 0. The summed E-state index contributed by atoms with van der Waals surface area (Å²) in [6.07, 6.45) is 4.43. The van der Waals surface area contributed by atoms with Gasteiger partial charge in [-0.2, -0.15) is 0 Å². The first-order valence-electron chi connectivity index (χ1n) is 8.00. The van der Waals surface area contributed by atoms with Gasteiger partial charge in [0.1, 0.15) is 6.10 Å². The minimum atomic E-state index is -0.967. The number of carboxylic acids is 1. The summed E-state index contributed by atoms with van der Waals surface area (Å²) in [5, 5.41) is 20.2. The van der Waals surface area contributed by atoms with Crippen molar-refractivity contribution in [2.24, 2.45) is 0 Å². The first-order chi connectivity index (χ1) is 11.9. The van der Waals surface area contributed by atoms with Crippen molar-refractivity contribution in [3.63, 3.8) is 0 Å². The Kier molecular flexibility index (Phi) is 5.59. The molecule has 4 N–H and O–H groups in total. The van der Waals surface area contributed by atoms with Gasteiger partial charge in [-0.1, -0.05) is 6.07 Å². The lowest BCUT2D eigenvalue weighted by atomic mass is 9.89. The first kappa shape index (κ1) is 19.4. The van der Waals surface area contributed by atoms with E-state index in [-0.39, 0.29) is 11.0 Å². The van der Waals surface area contributed by atoms with E-state index in [0.29, 0.717) is 0 Å². The largest absolute Gasteiger partial charge is 0.478 e. The van der Waals surface area contributed by atoms with Crippen molar-refractivity contribution in [2.75, 3.05) is 0 Å². The van der Waals surface area contributed by atoms with Crippen molar-refractivity contribution >= 4 is 5.97 Å². The molecule has 1 heterocycles. The molecule has 0 saturated carbocycles. The summed E-state index contributed by atoms with van der Waals surface area (Å²) in [7, 11) is 0. The Morgan fingerprint density at radius 2 is 1.73 bits per heavy atom. The Morgan fingerprint density at radius 3 is 2.27 bits per heavy atom. The number of carbonyl (C=O) groups is 1. The molecular weight excluding hydrogens is 332 g/mol. The normalized spacial score (nSPS) is 11.7. The summed E-state index contributed by atoms with van der Waals surface area (Å²) < 4.78 is 1.88. The molecule has 6 heteroatoms. The second-order valence-corrected chi connectivity index (χ2v) is 6.24. The van der Waals surface area contributed by atoms with Crippen LogP contribution in [0.25, 0.3) is 5.69 Å². The van der Waals surface area contributed by atoms with E-state index >= 15 is 0 Å². The van der Waals surface area contributed by atoms with Crippen LogP contribution in [0.2, 0.25) is 0 Å². The predicted molar refractivity (Wildman–Crippen MR) is 98.9 cm³/mol. The molecule has 0 bridgehead atoms. The standard InChI is InChI=1S/C20H20N2O3.H2O/c1-12-4-5-16(22-7-6-21-11-22)10-17(12)19(23)18-13(2)8-15(20(24)25)9-14(18)3;/h4-11,19,23H,1-3H3,(H,24,25);1H2/t19-;/m1./s1. The average molecular weight is 354 g/mol. The third-order valence-electron chi connectivity index (χ3n) is 4.47. The van der Waals surface area contributed by atoms with Gasteiger partial charge < -0.3 is 20.3 Å². The maximum Gasteiger partial charge on any atom is 0.335 e. The van der Waals surface area contributed by atoms with Gasteiger partial charge in [0, 0.05) is 18.1 Å². The lowest BCUT2D eigenvalue weighted by Gasteiger charge is -2.20. The van der Waals surface area contributed by atoms with E-state index in [9.17, 15) is 15.0 Å². The van der Waals surface area contributed by atoms with Crippen LogP contribution in [0.3, 0.4) is 0 Å². The molecule has 6 nitrogen and oxygen atoms in total. The molecule has 0 saturated heterocycles. The SMILES string of the molecule is Cc1ccc(-n2ccnc2)cc1[C@@H](O)c1c(C)cc(C(=O)O)cc1C.O. The highest BCUT2D eigenvalue weighted by Gasteiger charge is 2.20. The quantitative estimate of drug-likeness (QED) is 0.751. The maximum absolute atomic E-state index is 11.2. The van der Waals surface area contributed by atoms with Crippen LogP contribution in [0, 0.1) is 20.8 Å². The molecule has 136 valence electrons. The number of imidazole rings is 1. The van der Waals surface area contributed by atoms with E-state index < -0.39 is 12.1 Å². The second kappa shape index (κ2) is 7.51. The Labute approximate surface area is 151 Å². The predicted octanol–water partition coefficient (Wildman–Crippen LogP) is 2.75. The third kappa shape index (κ3) is 3.51. The van der Waals surface area contributed by atoms with Crippen molar-refractivity contribution in [1.82, 2.24) is 9.55 Å². The van der Waals surface area contributed by atoms with Gasteiger partial charge in [-0.3, -0.25) is 0 Å². The number of hydrogen-bond acceptors (Lipinski definition) is 3. The average Bonchev–Trinajstić information content (AvgIpc) is 3.08. The summed E-state index contributed by atoms with van der Waals surface area (Å²) >= 11 is 0. The van der Waals surface area contributed by atoms with Gasteiger partial charge in [-0.15, -0.1) is 0 Å². The molecule has 0 aliphatic rings. The fraction of sp³-hybridized carbons (Fsp3) is 0.200. The molecule has 3 aromatic rings. The van der Waals surface area contributed by atoms with Crippen LogP contribution in [0.15, 0.2) is 49.1 Å². The smallest absolute Gasteiger partial charge is 0.335 e. The van der Waals surface area contributed by atoms with Gasteiger partial charge in [-0.05, 0) is 72.9 Å². The Bertz CT molecular complexity index is 910. The van der Waals surface area contributed by atoms with Crippen molar-refractivity contribution in [3.8, 4) is 5.69 Å². The van der Waals surface area contributed by atoms with E-state index in [2.05, 4.69) is 4.98 Å². The molecular formula is C20H22N2O4. The second-order valence-electron chi connectivity index (χ2n) is 6.24. The van der Waals surface area contributed by atoms with E-state index in [0.717, 1.165) is 33.5 Å². The summed E-state index contributed by atoms with van der Waals surface area (Å²) in [4.78, 5) is 15.3. The Morgan fingerprint density at radius 1 is 1.08 bits per heavy atom. The number of aromatic nitrogens is 2. The molecule has 26 heavy (non-hydrogen) atoms. The van der Waals surface area contributed by atoms with E-state index in [1.54, 1.807) is 24.7 Å². The van der Waals surface area contributed by atoms with E-state index in [1.165, 1.54) is 0 Å². The fourth-order valence-corrected chi connectivity index (χ4v) is 3.18. The van der Waals surface area contributed by atoms with Crippen molar-refractivity contribution < 1.29 is 20.5 Å². The van der Waals surface area contributed by atoms with Crippen molar-refractivity contribution in [2.45, 2.75) is 26.9 Å². The molecule has 0 fully saturated rings. The van der Waals surface area contributed by atoms with Gasteiger partial charge in [0.15, 0.2) is 0 Å². The highest BCUT2D eigenvalue weighted by Crippen LogP contribution is 2.31. The molecule has 0 aliphatic heterocycles. The zero-order valence-corrected chi connectivity index (χ0v) is 14.9. The van der Waals surface area contributed by atoms with Crippen LogP contribution >= 0.6 is 0 Å². The summed E-state index contributed by atoms with van der Waals surface area (Å²) in [5.41, 5.74) is 5.17. The lowest BCUT2D eigenvalue weighted by molar-refractivity contribution is 0.0696. The lowest BCUT2D eigenvalue weighted by Crippen LogP contribution is -2.09. The van der Waals surface area contributed by atoms with Crippen LogP contribution in [-0.2, 0) is 0 Å². The number of rotatable bonds is 4. The number of aliphatic hydroxyl groups is 1. The fourth-order valence-electron chi connectivity index (χ4n) is 3.18. The van der Waals surface area contributed by atoms with Gasteiger partial charge in [0.25, 0.3) is 0 Å². The Balaban J connectivity index is 0.00000243. The van der Waals surface area contributed by atoms with Crippen molar-refractivity contribution in [3.05, 3.63) is 82.4 Å². The van der Waals surface area contributed by atoms with Crippen LogP contribution in [0.5, 0.6) is 0 Å². The molecule has 2 aromatic carbocycles. The number of hydrogen-bond donors (Lipinski definition) is 2. The number of benzene rings is 2. The first-order valence-corrected chi connectivity index (χ1v) is 8.00. The number of aryl methyl sites for hydroxylation is 3. The molecule has 3 rings (SSSR count). The highest BCUT2D eigenvalue weighted by atomic mass is 16.4. The molecule has 0 radical (unpaired) electrons. The zero-order chi connectivity index (χ0) is 18.1. The van der Waals surface area contributed by atoms with Gasteiger partial charge in [0.2, 0.25) is 0 Å². The molecule has 0 spiro atoms. The molecule has 1 aromatic heterocycles. The number of carboxylic acid groups (broad SMARTS) is 1. The summed E-state index contributed by atoms with van der Waals surface area (Å²) in [6.45, 7) is 5.60. The highest BCUT2D eigenvalue weighted by molar-refractivity contribution is 5.88. The molecule has 0 amide bonds. The summed E-state index contributed by atoms with van der Waals surface area (Å²) in [5.74, 6) is -0.967. The molecule has 1 atom stereocenters. The van der Waals surface area contributed by atoms with Gasteiger partial charge in [-0.25, -0.2) is 9.78 Å². The van der Waals surface area contributed by atoms with Crippen LogP contribution < -0.4 is 0 Å².